The fraction of sp³-hybridized carbons (Fsp3) is 0.920. The van der Waals surface area contributed by atoms with E-state index in [1.54, 1.807) is 0 Å². The maximum atomic E-state index is 12.6. The average molecular weight is 467 g/mol. The van der Waals surface area contributed by atoms with Crippen molar-refractivity contribution < 1.29 is 39.5 Å². The minimum absolute atomic E-state index is 0.120. The molecule has 5 rings (SSSR count). The van der Waals surface area contributed by atoms with Gasteiger partial charge in [-0.05, 0) is 80.5 Å². The maximum absolute atomic E-state index is 12.6. The molecule has 4 saturated carbocycles. The summed E-state index contributed by atoms with van der Waals surface area (Å²) < 4.78 is 11.4. The lowest BCUT2D eigenvalue weighted by molar-refractivity contribution is -0.309. The van der Waals surface area contributed by atoms with Crippen LogP contribution in [0.2, 0.25) is 0 Å². The fourth-order valence-corrected chi connectivity index (χ4v) is 8.47. The van der Waals surface area contributed by atoms with E-state index in [0.717, 1.165) is 57.8 Å². The van der Waals surface area contributed by atoms with Crippen molar-refractivity contribution in [3.05, 3.63) is 0 Å². The van der Waals surface area contributed by atoms with Crippen molar-refractivity contribution in [2.75, 3.05) is 0 Å². The molecule has 0 aromatic carbocycles. The number of aliphatic carboxylic acids is 1. The molecule has 186 valence electrons. The van der Waals surface area contributed by atoms with E-state index in [2.05, 4.69) is 13.8 Å². The summed E-state index contributed by atoms with van der Waals surface area (Å²) in [5.74, 6) is 1.28. The lowest BCUT2D eigenvalue weighted by Crippen LogP contribution is -2.61. The average Bonchev–Trinajstić information content (AvgIpc) is 3.08. The van der Waals surface area contributed by atoms with Gasteiger partial charge in [-0.2, -0.15) is 0 Å². The second kappa shape index (κ2) is 8.26. The molecule has 0 radical (unpaired) electrons. The topological polar surface area (TPSA) is 134 Å². The minimum atomic E-state index is -1.71. The van der Waals surface area contributed by atoms with E-state index in [9.17, 15) is 30.0 Å². The van der Waals surface area contributed by atoms with Gasteiger partial charge in [0.05, 0.1) is 6.10 Å². The highest BCUT2D eigenvalue weighted by molar-refractivity contribution is 5.87. The van der Waals surface area contributed by atoms with Crippen LogP contribution in [0.25, 0.3) is 0 Å². The Morgan fingerprint density at radius 1 is 0.970 bits per heavy atom. The highest BCUT2D eigenvalue weighted by Crippen LogP contribution is 2.65. The standard InChI is InChI=1S/C25H38O8/c1-24-9-7-13(32-23-20(29)18(27)19(28)21(33-23)22(30)31)11-12(24)3-4-14-15-5-6-17(26)25(15,2)10-8-16(14)24/h12-16,18-21,23,27-29H,3-11H2,1-2H3,(H,30,31)/t12-,13+,14+,15+,16+,18-,19-,20+,21-,23-,24-,25-/m0/s1. The molecule has 4 N–H and O–H groups in total. The summed E-state index contributed by atoms with van der Waals surface area (Å²) in [4.78, 5) is 24.0. The van der Waals surface area contributed by atoms with Crippen molar-refractivity contribution in [2.45, 2.75) is 108 Å². The summed E-state index contributed by atoms with van der Waals surface area (Å²) in [6.07, 6.45) is 0.719. The van der Waals surface area contributed by atoms with Crippen molar-refractivity contribution in [1.29, 1.82) is 0 Å². The highest BCUT2D eigenvalue weighted by Gasteiger charge is 2.60. The molecule has 8 nitrogen and oxygen atoms in total. The van der Waals surface area contributed by atoms with Gasteiger partial charge in [-0.15, -0.1) is 0 Å². The smallest absolute Gasteiger partial charge is 0.335 e. The number of hydrogen-bond acceptors (Lipinski definition) is 7. The number of aliphatic hydroxyl groups is 3. The van der Waals surface area contributed by atoms with Crippen LogP contribution in [0, 0.1) is 34.5 Å². The number of hydrogen-bond donors (Lipinski definition) is 4. The van der Waals surface area contributed by atoms with Crippen molar-refractivity contribution in [1.82, 2.24) is 0 Å². The monoisotopic (exact) mass is 466 g/mol. The number of carboxylic acids is 1. The van der Waals surface area contributed by atoms with E-state index >= 15 is 0 Å². The van der Waals surface area contributed by atoms with Gasteiger partial charge >= 0.3 is 5.97 Å². The first-order valence-corrected chi connectivity index (χ1v) is 12.7. The molecule has 33 heavy (non-hydrogen) atoms. The lowest BCUT2D eigenvalue weighted by Gasteiger charge is -2.60. The number of rotatable bonds is 3. The van der Waals surface area contributed by atoms with Crippen molar-refractivity contribution in [3.63, 3.8) is 0 Å². The molecule has 0 bridgehead atoms. The van der Waals surface area contributed by atoms with Crippen molar-refractivity contribution in [3.8, 4) is 0 Å². The Bertz CT molecular complexity index is 801. The van der Waals surface area contributed by atoms with Crippen LogP contribution in [0.5, 0.6) is 0 Å². The number of Topliss-reactive ketones (excluding diaryl/α,β-unsaturated/α-hetero) is 1. The summed E-state index contributed by atoms with van der Waals surface area (Å²) >= 11 is 0. The van der Waals surface area contributed by atoms with E-state index in [1.165, 1.54) is 0 Å². The van der Waals surface area contributed by atoms with Crippen LogP contribution in [0.15, 0.2) is 0 Å². The van der Waals surface area contributed by atoms with E-state index in [1.807, 2.05) is 0 Å². The normalized spacial score (nSPS) is 54.3. The van der Waals surface area contributed by atoms with Gasteiger partial charge in [-0.25, -0.2) is 4.79 Å². The summed E-state index contributed by atoms with van der Waals surface area (Å²) in [5.41, 5.74) is 0.0757. The zero-order valence-corrected chi connectivity index (χ0v) is 19.6. The highest BCUT2D eigenvalue weighted by atomic mass is 16.7. The molecule has 8 heteroatoms. The molecule has 4 aliphatic carbocycles. The minimum Gasteiger partial charge on any atom is -0.479 e. The van der Waals surface area contributed by atoms with E-state index in [0.29, 0.717) is 29.5 Å². The third-order valence-electron chi connectivity index (χ3n) is 10.5. The first-order valence-electron chi connectivity index (χ1n) is 12.7. The van der Waals surface area contributed by atoms with Gasteiger partial charge in [0, 0.05) is 11.8 Å². The molecule has 0 spiro atoms. The Balaban J connectivity index is 1.26. The van der Waals surface area contributed by atoms with Gasteiger partial charge in [-0.1, -0.05) is 13.8 Å². The van der Waals surface area contributed by atoms with Gasteiger partial charge in [-0.3, -0.25) is 4.79 Å². The number of carbonyl (C=O) groups excluding carboxylic acids is 1. The predicted octanol–water partition coefficient (Wildman–Crippen LogP) is 1.88. The number of carbonyl (C=O) groups is 2. The second-order valence-electron chi connectivity index (χ2n) is 11.8. The quantitative estimate of drug-likeness (QED) is 0.463. The van der Waals surface area contributed by atoms with Gasteiger partial charge in [0.1, 0.15) is 24.1 Å². The number of aliphatic hydroxyl groups excluding tert-OH is 3. The molecule has 12 atom stereocenters. The number of ketones is 1. The van der Waals surface area contributed by atoms with Crippen molar-refractivity contribution in [2.24, 2.45) is 34.5 Å². The van der Waals surface area contributed by atoms with Crippen LogP contribution < -0.4 is 0 Å². The van der Waals surface area contributed by atoms with Crippen LogP contribution in [0.3, 0.4) is 0 Å². The van der Waals surface area contributed by atoms with E-state index in [4.69, 9.17) is 9.47 Å². The van der Waals surface area contributed by atoms with E-state index < -0.39 is 36.7 Å². The first-order chi connectivity index (χ1) is 15.6. The van der Waals surface area contributed by atoms with Gasteiger partial charge in [0.25, 0.3) is 0 Å². The molecule has 0 unspecified atom stereocenters. The Kier molecular flexibility index (Phi) is 5.93. The van der Waals surface area contributed by atoms with Gasteiger partial charge < -0.3 is 29.9 Å². The molecule has 0 amide bonds. The van der Waals surface area contributed by atoms with Crippen LogP contribution in [0.4, 0.5) is 0 Å². The van der Waals surface area contributed by atoms with Crippen molar-refractivity contribution >= 4 is 11.8 Å². The zero-order chi connectivity index (χ0) is 23.7. The van der Waals surface area contributed by atoms with Crippen LogP contribution in [-0.4, -0.2) is 69.0 Å². The second-order valence-corrected chi connectivity index (χ2v) is 11.8. The molecular formula is C25H38O8. The van der Waals surface area contributed by atoms with Gasteiger partial charge in [0.15, 0.2) is 12.4 Å². The molecule has 5 fully saturated rings. The number of ether oxygens (including phenoxy) is 2. The van der Waals surface area contributed by atoms with Gasteiger partial charge in [0.2, 0.25) is 0 Å². The lowest BCUT2D eigenvalue weighted by atomic mass is 9.45. The molecule has 0 aromatic heterocycles. The maximum Gasteiger partial charge on any atom is 0.335 e. The van der Waals surface area contributed by atoms with Crippen LogP contribution in [-0.2, 0) is 19.1 Å². The molecule has 0 aromatic rings. The molecule has 1 heterocycles. The molecular weight excluding hydrogens is 428 g/mol. The Morgan fingerprint density at radius 3 is 2.45 bits per heavy atom. The SMILES string of the molecule is C[C@]12CC[C@@H](O[C@H]3O[C@H](C(=O)O)[C@@H](O)[C@H](O)[C@H]3O)C[C@@H]1CC[C@H]1[C@H]2CC[C@]2(C)C(=O)CC[C@H]12. The summed E-state index contributed by atoms with van der Waals surface area (Å²) in [6, 6.07) is 0. The first kappa shape index (κ1) is 23.7. The largest absolute Gasteiger partial charge is 0.479 e. The number of fused-ring (bicyclic) bond motifs is 5. The fourth-order valence-electron chi connectivity index (χ4n) is 8.47. The third kappa shape index (κ3) is 3.59. The Morgan fingerprint density at radius 2 is 1.73 bits per heavy atom. The Labute approximate surface area is 194 Å². The summed E-state index contributed by atoms with van der Waals surface area (Å²) in [5, 5.41) is 39.6. The number of carboxylic acid groups (broad SMARTS) is 1. The van der Waals surface area contributed by atoms with E-state index in [-0.39, 0.29) is 16.9 Å². The molecule has 1 aliphatic heterocycles. The third-order valence-corrected chi connectivity index (χ3v) is 10.5. The zero-order valence-electron chi connectivity index (χ0n) is 19.6. The van der Waals surface area contributed by atoms with Crippen LogP contribution >= 0.6 is 0 Å². The predicted molar refractivity (Wildman–Crippen MR) is 116 cm³/mol. The summed E-state index contributed by atoms with van der Waals surface area (Å²) in [7, 11) is 0. The molecule has 5 aliphatic rings. The summed E-state index contributed by atoms with van der Waals surface area (Å²) in [6.45, 7) is 4.62. The molecule has 1 saturated heterocycles. The van der Waals surface area contributed by atoms with Crippen LogP contribution in [0.1, 0.15) is 71.6 Å². The Hall–Kier alpha value is -1.06.